The molecule has 2 heterocycles. The Labute approximate surface area is 117 Å². The average molecular weight is 324 g/mol. The highest BCUT2D eigenvalue weighted by molar-refractivity contribution is 9.10. The average Bonchev–Trinajstić information content (AvgIpc) is 2.66. The molecule has 18 heavy (non-hydrogen) atoms. The predicted molar refractivity (Wildman–Crippen MR) is 76.0 cm³/mol. The van der Waals surface area contributed by atoms with E-state index in [1.807, 2.05) is 24.3 Å². The van der Waals surface area contributed by atoms with Crippen LogP contribution in [-0.4, -0.2) is 14.5 Å². The summed E-state index contributed by atoms with van der Waals surface area (Å²) in [7, 11) is 0. The van der Waals surface area contributed by atoms with Gasteiger partial charge in [-0.25, -0.2) is 9.97 Å². The Morgan fingerprint density at radius 1 is 1.28 bits per heavy atom. The number of aromatic nitrogens is 3. The Morgan fingerprint density at radius 3 is 2.89 bits per heavy atom. The van der Waals surface area contributed by atoms with Crippen LogP contribution in [0.25, 0.3) is 16.9 Å². The van der Waals surface area contributed by atoms with Crippen molar-refractivity contribution in [1.29, 1.82) is 0 Å². The zero-order chi connectivity index (χ0) is 12.7. The van der Waals surface area contributed by atoms with Crippen molar-refractivity contribution in [3.63, 3.8) is 0 Å². The molecular formula is C12H8BrClN4. The van der Waals surface area contributed by atoms with Crippen molar-refractivity contribution >= 4 is 44.6 Å². The molecule has 0 aliphatic rings. The van der Waals surface area contributed by atoms with Gasteiger partial charge in [0.15, 0.2) is 5.65 Å². The fourth-order valence-electron chi connectivity index (χ4n) is 1.83. The molecule has 2 aromatic heterocycles. The van der Waals surface area contributed by atoms with Gasteiger partial charge < -0.3 is 5.73 Å². The SMILES string of the molecule is Nc1nc2cccnc2n1-c1ccc(Cl)cc1Br. The van der Waals surface area contributed by atoms with Crippen LogP contribution in [0.15, 0.2) is 41.0 Å². The zero-order valence-corrected chi connectivity index (χ0v) is 11.5. The first kappa shape index (κ1) is 11.5. The molecule has 0 amide bonds. The number of pyridine rings is 1. The third kappa shape index (κ3) is 1.76. The Morgan fingerprint density at radius 2 is 2.11 bits per heavy atom. The minimum absolute atomic E-state index is 0.395. The maximum atomic E-state index is 5.95. The minimum Gasteiger partial charge on any atom is -0.369 e. The van der Waals surface area contributed by atoms with Crippen LogP contribution in [0.4, 0.5) is 5.95 Å². The van der Waals surface area contributed by atoms with Crippen molar-refractivity contribution < 1.29 is 0 Å². The summed E-state index contributed by atoms with van der Waals surface area (Å²) in [6.07, 6.45) is 1.71. The first-order valence-corrected chi connectivity index (χ1v) is 6.38. The molecular weight excluding hydrogens is 316 g/mol. The number of rotatable bonds is 1. The minimum atomic E-state index is 0.395. The molecule has 2 N–H and O–H groups in total. The number of nitrogens with two attached hydrogens (primary N) is 1. The molecule has 90 valence electrons. The molecule has 0 aliphatic carbocycles. The van der Waals surface area contributed by atoms with E-state index in [0.717, 1.165) is 21.3 Å². The number of fused-ring (bicyclic) bond motifs is 1. The second-order valence-corrected chi connectivity index (χ2v) is 5.04. The van der Waals surface area contributed by atoms with Crippen LogP contribution in [0.3, 0.4) is 0 Å². The van der Waals surface area contributed by atoms with E-state index in [1.54, 1.807) is 16.8 Å². The van der Waals surface area contributed by atoms with Gasteiger partial charge in [-0.1, -0.05) is 11.6 Å². The summed E-state index contributed by atoms with van der Waals surface area (Å²) < 4.78 is 2.63. The molecule has 0 fully saturated rings. The van der Waals surface area contributed by atoms with Crippen molar-refractivity contribution in [3.05, 3.63) is 46.0 Å². The van der Waals surface area contributed by atoms with Crippen molar-refractivity contribution in [3.8, 4) is 5.69 Å². The van der Waals surface area contributed by atoms with Crippen LogP contribution >= 0.6 is 27.5 Å². The lowest BCUT2D eigenvalue weighted by Crippen LogP contribution is -2.02. The Bertz CT molecular complexity index is 738. The van der Waals surface area contributed by atoms with Crippen molar-refractivity contribution in [1.82, 2.24) is 14.5 Å². The smallest absolute Gasteiger partial charge is 0.207 e. The highest BCUT2D eigenvalue weighted by atomic mass is 79.9. The van der Waals surface area contributed by atoms with Crippen molar-refractivity contribution in [2.75, 3.05) is 5.73 Å². The lowest BCUT2D eigenvalue weighted by Gasteiger charge is -2.08. The monoisotopic (exact) mass is 322 g/mol. The highest BCUT2D eigenvalue weighted by Gasteiger charge is 2.13. The fourth-order valence-corrected chi connectivity index (χ4v) is 2.69. The van der Waals surface area contributed by atoms with Gasteiger partial charge in [0.05, 0.1) is 5.69 Å². The summed E-state index contributed by atoms with van der Waals surface area (Å²) >= 11 is 9.41. The van der Waals surface area contributed by atoms with Gasteiger partial charge in [-0.05, 0) is 46.3 Å². The summed E-state index contributed by atoms with van der Waals surface area (Å²) in [4.78, 5) is 8.59. The van der Waals surface area contributed by atoms with Crippen LogP contribution in [0, 0.1) is 0 Å². The van der Waals surface area contributed by atoms with Crippen LogP contribution in [0.1, 0.15) is 0 Å². The maximum absolute atomic E-state index is 5.95. The van der Waals surface area contributed by atoms with Crippen LogP contribution in [0.5, 0.6) is 0 Å². The molecule has 0 atom stereocenters. The molecule has 0 saturated heterocycles. The number of imidazole rings is 1. The molecule has 0 bridgehead atoms. The molecule has 0 unspecified atom stereocenters. The zero-order valence-electron chi connectivity index (χ0n) is 9.14. The Kier molecular flexibility index (Phi) is 2.72. The van der Waals surface area contributed by atoms with Crippen LogP contribution < -0.4 is 5.73 Å². The largest absolute Gasteiger partial charge is 0.369 e. The lowest BCUT2D eigenvalue weighted by atomic mass is 10.3. The third-order valence-corrected chi connectivity index (χ3v) is 3.46. The molecule has 4 nitrogen and oxygen atoms in total. The summed E-state index contributed by atoms with van der Waals surface area (Å²) in [5.41, 5.74) is 8.29. The fraction of sp³-hybridized carbons (Fsp3) is 0. The second-order valence-electron chi connectivity index (χ2n) is 3.75. The Balaban J connectivity index is 2.34. The Hall–Kier alpha value is -1.59. The molecule has 0 saturated carbocycles. The molecule has 0 spiro atoms. The standard InChI is InChI=1S/C12H8BrClN4/c13-8-6-7(14)3-4-10(8)18-11-9(17-12(18)15)2-1-5-16-11/h1-6H,(H2,15,17). The van der Waals surface area contributed by atoms with Gasteiger partial charge in [-0.3, -0.25) is 4.57 Å². The van der Waals surface area contributed by atoms with E-state index in [0.29, 0.717) is 11.0 Å². The number of nitrogens with zero attached hydrogens (tertiary/aromatic N) is 3. The first-order valence-electron chi connectivity index (χ1n) is 5.21. The van der Waals surface area contributed by atoms with Gasteiger partial charge in [0.2, 0.25) is 5.95 Å². The van der Waals surface area contributed by atoms with E-state index in [9.17, 15) is 0 Å². The quantitative estimate of drug-likeness (QED) is 0.746. The summed E-state index contributed by atoms with van der Waals surface area (Å²) in [6.45, 7) is 0. The van der Waals surface area contributed by atoms with Gasteiger partial charge in [0, 0.05) is 15.7 Å². The van der Waals surface area contributed by atoms with E-state index < -0.39 is 0 Å². The summed E-state index contributed by atoms with van der Waals surface area (Å²) in [5.74, 6) is 0.395. The van der Waals surface area contributed by atoms with Gasteiger partial charge in [-0.2, -0.15) is 0 Å². The van der Waals surface area contributed by atoms with E-state index >= 15 is 0 Å². The lowest BCUT2D eigenvalue weighted by molar-refractivity contribution is 1.08. The second kappa shape index (κ2) is 4.26. The molecule has 0 radical (unpaired) electrons. The van der Waals surface area contributed by atoms with Crippen molar-refractivity contribution in [2.24, 2.45) is 0 Å². The number of hydrogen-bond donors (Lipinski definition) is 1. The van der Waals surface area contributed by atoms with Gasteiger partial charge in [0.1, 0.15) is 5.52 Å². The predicted octanol–water partition coefficient (Wildman–Crippen LogP) is 3.42. The third-order valence-electron chi connectivity index (χ3n) is 2.59. The molecule has 3 aromatic rings. The van der Waals surface area contributed by atoms with E-state index in [2.05, 4.69) is 25.9 Å². The van der Waals surface area contributed by atoms with Gasteiger partial charge in [-0.15, -0.1) is 0 Å². The van der Waals surface area contributed by atoms with Gasteiger partial charge >= 0.3 is 0 Å². The molecule has 3 rings (SSSR count). The summed E-state index contributed by atoms with van der Waals surface area (Å²) in [6, 6.07) is 9.19. The number of halogens is 2. The van der Waals surface area contributed by atoms with Crippen LogP contribution in [-0.2, 0) is 0 Å². The number of hydrogen-bond acceptors (Lipinski definition) is 3. The topological polar surface area (TPSA) is 56.7 Å². The first-order chi connectivity index (χ1) is 8.66. The van der Waals surface area contributed by atoms with Gasteiger partial charge in [0.25, 0.3) is 0 Å². The maximum Gasteiger partial charge on any atom is 0.207 e. The normalized spacial score (nSPS) is 11.0. The van der Waals surface area contributed by atoms with Crippen molar-refractivity contribution in [2.45, 2.75) is 0 Å². The summed E-state index contributed by atoms with van der Waals surface area (Å²) in [5, 5.41) is 0.654. The number of benzene rings is 1. The van der Waals surface area contributed by atoms with Crippen LogP contribution in [0.2, 0.25) is 5.02 Å². The highest BCUT2D eigenvalue weighted by Crippen LogP contribution is 2.29. The number of anilines is 1. The number of nitrogen functional groups attached to an aromatic ring is 1. The molecule has 0 aliphatic heterocycles. The van der Waals surface area contributed by atoms with E-state index in [4.69, 9.17) is 17.3 Å². The van der Waals surface area contributed by atoms with E-state index in [-0.39, 0.29) is 0 Å². The molecule has 1 aromatic carbocycles. The van der Waals surface area contributed by atoms with E-state index in [1.165, 1.54) is 0 Å². The molecule has 6 heteroatoms.